The van der Waals surface area contributed by atoms with Crippen molar-refractivity contribution in [3.05, 3.63) is 39.6 Å². The number of carbonyl (C=O) groups is 1. The molecule has 1 aromatic heterocycles. The van der Waals surface area contributed by atoms with E-state index in [1.54, 1.807) is 0 Å². The lowest BCUT2D eigenvalue weighted by Crippen LogP contribution is -2.13. The molecule has 10 heteroatoms. The second-order valence-electron chi connectivity index (χ2n) is 3.66. The van der Waals surface area contributed by atoms with Crippen LogP contribution in [0, 0.1) is 0 Å². The van der Waals surface area contributed by atoms with Crippen molar-refractivity contribution >= 4 is 49.2 Å². The van der Waals surface area contributed by atoms with Gasteiger partial charge < -0.3 is 5.11 Å². The summed E-state index contributed by atoms with van der Waals surface area (Å²) in [5, 5.41) is 15.0. The number of hydrogen-bond acceptors (Lipinski definition) is 4. The predicted octanol–water partition coefficient (Wildman–Crippen LogP) is 2.32. The van der Waals surface area contributed by atoms with Crippen LogP contribution in [0.25, 0.3) is 0 Å². The molecule has 0 bridgehead atoms. The third kappa shape index (κ3) is 2.94. The Morgan fingerprint density at radius 1 is 1.45 bits per heavy atom. The Kier molecular flexibility index (Phi) is 4.02. The molecule has 0 saturated heterocycles. The normalized spacial score (nSPS) is 11.3. The number of H-pyrrole nitrogens is 1. The zero-order chi connectivity index (χ0) is 14.9. The van der Waals surface area contributed by atoms with E-state index in [9.17, 15) is 13.2 Å². The average molecular weight is 381 g/mol. The maximum Gasteiger partial charge on any atom is 0.337 e. The maximum atomic E-state index is 12.1. The second kappa shape index (κ2) is 5.43. The molecule has 1 aromatic carbocycles. The van der Waals surface area contributed by atoms with Crippen molar-refractivity contribution in [3.8, 4) is 0 Å². The van der Waals surface area contributed by atoms with E-state index < -0.39 is 16.0 Å². The molecule has 0 aliphatic heterocycles. The third-order valence-corrected chi connectivity index (χ3v) is 4.91. The summed E-state index contributed by atoms with van der Waals surface area (Å²) in [6.45, 7) is 0. The lowest BCUT2D eigenvalue weighted by atomic mass is 10.2. The van der Waals surface area contributed by atoms with E-state index in [2.05, 4.69) is 30.8 Å². The molecule has 2 aromatic rings. The van der Waals surface area contributed by atoms with Gasteiger partial charge in [-0.3, -0.25) is 9.82 Å². The number of hydrogen-bond donors (Lipinski definition) is 3. The first kappa shape index (κ1) is 14.8. The van der Waals surface area contributed by atoms with Crippen molar-refractivity contribution in [1.82, 2.24) is 10.2 Å². The number of nitrogens with zero attached hydrogens (tertiary/aromatic N) is 1. The summed E-state index contributed by atoms with van der Waals surface area (Å²) in [6.07, 6.45) is 2.63. The molecular formula is C10H7BrClN3O4S. The Bertz CT molecular complexity index is 761. The number of sulfonamides is 1. The number of carboxylic acid groups (broad SMARTS) is 1. The fourth-order valence-electron chi connectivity index (χ4n) is 1.40. The summed E-state index contributed by atoms with van der Waals surface area (Å²) >= 11 is 8.82. The third-order valence-electron chi connectivity index (χ3n) is 2.29. The number of aromatic carboxylic acids is 1. The molecule has 0 fully saturated rings. The van der Waals surface area contributed by atoms with Gasteiger partial charge in [-0.05, 0) is 28.1 Å². The smallest absolute Gasteiger partial charge is 0.337 e. The lowest BCUT2D eigenvalue weighted by molar-refractivity contribution is 0.0696. The summed E-state index contributed by atoms with van der Waals surface area (Å²) in [5.74, 6) is -1.32. The molecule has 0 unspecified atom stereocenters. The quantitative estimate of drug-likeness (QED) is 0.753. The first-order valence-electron chi connectivity index (χ1n) is 5.05. The Labute approximate surface area is 127 Å². The first-order chi connectivity index (χ1) is 9.31. The fourth-order valence-corrected chi connectivity index (χ4v) is 3.28. The zero-order valence-corrected chi connectivity index (χ0v) is 12.8. The van der Waals surface area contributed by atoms with Crippen LogP contribution in [0.3, 0.4) is 0 Å². The van der Waals surface area contributed by atoms with Crippen LogP contribution >= 0.6 is 27.5 Å². The molecule has 2 rings (SSSR count). The van der Waals surface area contributed by atoms with Gasteiger partial charge in [0.1, 0.15) is 0 Å². The topological polar surface area (TPSA) is 112 Å². The van der Waals surface area contributed by atoms with Gasteiger partial charge in [0, 0.05) is 10.7 Å². The minimum absolute atomic E-state index is 0.0697. The van der Waals surface area contributed by atoms with Crippen LogP contribution in [0.2, 0.25) is 5.02 Å². The molecule has 7 nitrogen and oxygen atoms in total. The number of nitrogens with one attached hydrogen (secondary N) is 2. The van der Waals surface area contributed by atoms with E-state index in [1.807, 2.05) is 0 Å². The highest BCUT2D eigenvalue weighted by molar-refractivity contribution is 9.10. The van der Waals surface area contributed by atoms with Crippen LogP contribution in [0.5, 0.6) is 0 Å². The Hall–Kier alpha value is -1.58. The molecule has 0 aliphatic carbocycles. The fraction of sp³-hybridized carbons (Fsp3) is 0. The Morgan fingerprint density at radius 2 is 2.15 bits per heavy atom. The van der Waals surface area contributed by atoms with Gasteiger partial charge in [-0.2, -0.15) is 5.10 Å². The predicted molar refractivity (Wildman–Crippen MR) is 75.5 cm³/mol. The van der Waals surface area contributed by atoms with E-state index in [0.29, 0.717) is 0 Å². The average Bonchev–Trinajstić information content (AvgIpc) is 2.83. The Balaban J connectivity index is 2.49. The van der Waals surface area contributed by atoms with Gasteiger partial charge in [0.15, 0.2) is 0 Å². The zero-order valence-electron chi connectivity index (χ0n) is 9.59. The van der Waals surface area contributed by atoms with E-state index >= 15 is 0 Å². The minimum atomic E-state index is -3.94. The highest BCUT2D eigenvalue weighted by Gasteiger charge is 2.21. The van der Waals surface area contributed by atoms with Crippen LogP contribution in [0.15, 0.2) is 33.9 Å². The molecule has 0 amide bonds. The summed E-state index contributed by atoms with van der Waals surface area (Å²) in [7, 11) is -3.94. The van der Waals surface area contributed by atoms with Crippen LogP contribution in [-0.2, 0) is 10.0 Å². The van der Waals surface area contributed by atoms with Crippen LogP contribution < -0.4 is 4.72 Å². The van der Waals surface area contributed by atoms with Gasteiger partial charge >= 0.3 is 5.97 Å². The maximum absolute atomic E-state index is 12.1. The highest BCUT2D eigenvalue weighted by Crippen LogP contribution is 2.30. The van der Waals surface area contributed by atoms with Crippen LogP contribution in [-0.4, -0.2) is 29.7 Å². The first-order valence-corrected chi connectivity index (χ1v) is 7.70. The monoisotopic (exact) mass is 379 g/mol. The molecule has 0 saturated carbocycles. The van der Waals surface area contributed by atoms with Gasteiger partial charge in [0.2, 0.25) is 0 Å². The molecule has 0 spiro atoms. The van der Waals surface area contributed by atoms with E-state index in [-0.39, 0.29) is 25.6 Å². The van der Waals surface area contributed by atoms with Crippen molar-refractivity contribution in [3.63, 3.8) is 0 Å². The number of rotatable bonds is 4. The summed E-state index contributed by atoms with van der Waals surface area (Å²) in [6, 6.07) is 2.20. The number of halogens is 2. The van der Waals surface area contributed by atoms with E-state index in [1.165, 1.54) is 18.5 Å². The van der Waals surface area contributed by atoms with Gasteiger partial charge in [0.05, 0.1) is 27.4 Å². The molecule has 0 aliphatic rings. The van der Waals surface area contributed by atoms with Crippen molar-refractivity contribution in [2.75, 3.05) is 4.72 Å². The number of aromatic amines is 1. The standard InChI is InChI=1S/C10H7BrClN3O4S/c11-8-2-6(1-7(9(8)12)10(16)17)20(18,19)15-5-3-13-14-4-5/h1-4,15H,(H,13,14)(H,16,17). The number of aromatic nitrogens is 2. The number of anilines is 1. The lowest BCUT2D eigenvalue weighted by Gasteiger charge is -2.09. The van der Waals surface area contributed by atoms with E-state index in [4.69, 9.17) is 16.7 Å². The van der Waals surface area contributed by atoms with Gasteiger partial charge in [-0.1, -0.05) is 11.6 Å². The molecule has 1 heterocycles. The van der Waals surface area contributed by atoms with Gasteiger partial charge in [0.25, 0.3) is 10.0 Å². The summed E-state index contributed by atoms with van der Waals surface area (Å²) < 4.78 is 26.7. The van der Waals surface area contributed by atoms with Crippen molar-refractivity contribution in [2.45, 2.75) is 4.90 Å². The molecule has 20 heavy (non-hydrogen) atoms. The van der Waals surface area contributed by atoms with Crippen molar-refractivity contribution in [2.24, 2.45) is 0 Å². The Morgan fingerprint density at radius 3 is 2.70 bits per heavy atom. The molecule has 106 valence electrons. The van der Waals surface area contributed by atoms with Crippen LogP contribution in [0.4, 0.5) is 5.69 Å². The largest absolute Gasteiger partial charge is 0.478 e. The van der Waals surface area contributed by atoms with Crippen LogP contribution in [0.1, 0.15) is 10.4 Å². The van der Waals surface area contributed by atoms with Gasteiger partial charge in [-0.25, -0.2) is 13.2 Å². The highest BCUT2D eigenvalue weighted by atomic mass is 79.9. The van der Waals surface area contributed by atoms with E-state index in [0.717, 1.165) is 6.07 Å². The number of carboxylic acids is 1. The van der Waals surface area contributed by atoms with Crippen molar-refractivity contribution in [1.29, 1.82) is 0 Å². The SMILES string of the molecule is O=C(O)c1cc(S(=O)(=O)Nc2cn[nH]c2)cc(Br)c1Cl. The van der Waals surface area contributed by atoms with Crippen molar-refractivity contribution < 1.29 is 18.3 Å². The molecule has 0 radical (unpaired) electrons. The molecular weight excluding hydrogens is 374 g/mol. The van der Waals surface area contributed by atoms with Gasteiger partial charge in [-0.15, -0.1) is 0 Å². The summed E-state index contributed by atoms with van der Waals surface area (Å²) in [5.41, 5.74) is -0.0819. The molecule has 3 N–H and O–H groups in total. The minimum Gasteiger partial charge on any atom is -0.478 e. The summed E-state index contributed by atoms with van der Waals surface area (Å²) in [4.78, 5) is 10.8. The second-order valence-corrected chi connectivity index (χ2v) is 6.58. The number of benzene rings is 1. The molecule has 0 atom stereocenters.